The smallest absolute Gasteiger partial charge is 0.412 e. The van der Waals surface area contributed by atoms with Crippen molar-refractivity contribution in [2.75, 3.05) is 6.54 Å². The van der Waals surface area contributed by atoms with Crippen LogP contribution < -0.4 is 4.74 Å². The number of nitrogens with one attached hydrogen (secondary N) is 2. The highest BCUT2D eigenvalue weighted by Crippen LogP contribution is 2.27. The molecule has 8 nitrogen and oxygen atoms in total. The number of aliphatic carboxylic acids is 1. The first-order valence-corrected chi connectivity index (χ1v) is 8.64. The lowest BCUT2D eigenvalue weighted by molar-refractivity contribution is -0.141. The van der Waals surface area contributed by atoms with E-state index in [0.717, 1.165) is 29.0 Å². The molecule has 1 heterocycles. The number of para-hydroxylation sites is 1. The lowest BCUT2D eigenvalue weighted by Gasteiger charge is -2.27. The first kappa shape index (κ1) is 20.9. The van der Waals surface area contributed by atoms with Crippen molar-refractivity contribution in [1.82, 2.24) is 4.90 Å². The minimum atomic E-state index is -1.71. The molecule has 1 aromatic rings. The summed E-state index contributed by atoms with van der Waals surface area (Å²) in [6.45, 7) is 7.17. The average Bonchev–Trinajstić information content (AvgIpc) is 3.12. The molecule has 2 rings (SSSR count). The van der Waals surface area contributed by atoms with Gasteiger partial charge in [-0.15, -0.1) is 6.58 Å². The summed E-state index contributed by atoms with van der Waals surface area (Å²) in [7, 11) is 0. The average molecular weight is 385 g/mol. The molecule has 0 saturated carbocycles. The Morgan fingerprint density at radius 3 is 2.54 bits per heavy atom. The molecule has 1 saturated heterocycles. The number of allylic oxidation sites excluding steroid dienone is 1. The van der Waals surface area contributed by atoms with Crippen molar-refractivity contribution in [3.05, 3.63) is 55.1 Å². The Morgan fingerprint density at radius 2 is 1.96 bits per heavy atom. The van der Waals surface area contributed by atoms with E-state index in [0.29, 0.717) is 12.2 Å². The molecule has 1 aliphatic heterocycles. The lowest BCUT2D eigenvalue weighted by atomic mass is 10.1. The van der Waals surface area contributed by atoms with Gasteiger partial charge in [-0.25, -0.2) is 9.59 Å². The van der Waals surface area contributed by atoms with Gasteiger partial charge in [0.15, 0.2) is 0 Å². The largest absolute Gasteiger partial charge is 0.488 e. The van der Waals surface area contributed by atoms with Gasteiger partial charge in [-0.3, -0.25) is 4.90 Å². The van der Waals surface area contributed by atoms with E-state index in [1.807, 2.05) is 18.2 Å². The van der Waals surface area contributed by atoms with E-state index in [1.165, 1.54) is 0 Å². The second kappa shape index (κ2) is 8.98. The predicted molar refractivity (Wildman–Crippen MR) is 104 cm³/mol. The van der Waals surface area contributed by atoms with Gasteiger partial charge in [0, 0.05) is 18.9 Å². The molecule has 8 heteroatoms. The summed E-state index contributed by atoms with van der Waals surface area (Å²) in [5, 5.41) is 24.2. The predicted octanol–water partition coefficient (Wildman–Crippen LogP) is 2.68. The number of carbonyl (C=O) groups excluding carboxylic acids is 1. The number of hydrogen-bond donors (Lipinski definition) is 3. The number of likely N-dealkylation sites (tertiary alicyclic amines) is 1. The molecule has 0 aromatic heterocycles. The Kier molecular flexibility index (Phi) is 6.70. The maximum Gasteiger partial charge on any atom is 0.412 e. The molecule has 0 aliphatic carbocycles. The van der Waals surface area contributed by atoms with Gasteiger partial charge in [-0.2, -0.15) is 0 Å². The van der Waals surface area contributed by atoms with Crippen LogP contribution in [0.5, 0.6) is 5.75 Å². The van der Waals surface area contributed by atoms with E-state index in [-0.39, 0.29) is 13.0 Å². The summed E-state index contributed by atoms with van der Waals surface area (Å²) in [5.74, 6) is -0.581. The number of carboxylic acids is 1. The van der Waals surface area contributed by atoms with Crippen LogP contribution in [0.4, 0.5) is 4.79 Å². The van der Waals surface area contributed by atoms with Gasteiger partial charge < -0.3 is 25.4 Å². The van der Waals surface area contributed by atoms with E-state index in [9.17, 15) is 14.7 Å². The van der Waals surface area contributed by atoms with Crippen LogP contribution in [0.25, 0.3) is 0 Å². The Balaban J connectivity index is 2.18. The van der Waals surface area contributed by atoms with Crippen molar-refractivity contribution in [3.63, 3.8) is 0 Å². The number of benzene rings is 1. The maximum atomic E-state index is 12.5. The maximum absolute atomic E-state index is 12.5. The SMILES string of the molecule is C=CCc1ccccc1O[C@H]1C[C@@H](C(=O)O)N(C(=O)OC(C=C)(C=N)C=N)C1. The molecule has 148 valence electrons. The van der Waals surface area contributed by atoms with Crippen LogP contribution in [0.1, 0.15) is 12.0 Å². The van der Waals surface area contributed by atoms with Gasteiger partial charge in [0.1, 0.15) is 17.9 Å². The van der Waals surface area contributed by atoms with Crippen molar-refractivity contribution in [2.24, 2.45) is 0 Å². The summed E-state index contributed by atoms with van der Waals surface area (Å²) in [6, 6.07) is 6.21. The minimum Gasteiger partial charge on any atom is -0.488 e. The molecule has 0 unspecified atom stereocenters. The van der Waals surface area contributed by atoms with Crippen LogP contribution in [0.15, 0.2) is 49.6 Å². The van der Waals surface area contributed by atoms with Crippen molar-refractivity contribution >= 4 is 24.5 Å². The fourth-order valence-electron chi connectivity index (χ4n) is 2.91. The Hall–Kier alpha value is -3.42. The van der Waals surface area contributed by atoms with Crippen LogP contribution in [-0.4, -0.2) is 58.8 Å². The fraction of sp³-hybridized carbons (Fsp3) is 0.300. The monoisotopic (exact) mass is 385 g/mol. The molecular weight excluding hydrogens is 362 g/mol. The molecule has 1 amide bonds. The van der Waals surface area contributed by atoms with Crippen LogP contribution in [-0.2, 0) is 16.0 Å². The number of nitrogens with zero attached hydrogens (tertiary/aromatic N) is 1. The first-order valence-electron chi connectivity index (χ1n) is 8.64. The zero-order valence-electron chi connectivity index (χ0n) is 15.3. The first-order chi connectivity index (χ1) is 13.4. The molecule has 1 aliphatic rings. The number of hydrogen-bond acceptors (Lipinski definition) is 6. The summed E-state index contributed by atoms with van der Waals surface area (Å²) >= 11 is 0. The van der Waals surface area contributed by atoms with Gasteiger partial charge in [0.05, 0.1) is 6.54 Å². The van der Waals surface area contributed by atoms with E-state index >= 15 is 0 Å². The zero-order valence-corrected chi connectivity index (χ0v) is 15.3. The summed E-state index contributed by atoms with van der Waals surface area (Å²) in [4.78, 5) is 25.2. The van der Waals surface area contributed by atoms with Crippen molar-refractivity contribution in [3.8, 4) is 5.75 Å². The molecule has 2 atom stereocenters. The van der Waals surface area contributed by atoms with Crippen LogP contribution in [0.2, 0.25) is 0 Å². The quantitative estimate of drug-likeness (QED) is 0.445. The minimum absolute atomic E-state index is 0.00143. The number of carboxylic acid groups (broad SMARTS) is 1. The van der Waals surface area contributed by atoms with Crippen molar-refractivity contribution < 1.29 is 24.2 Å². The Labute approximate surface area is 163 Å². The molecule has 3 N–H and O–H groups in total. The Morgan fingerprint density at radius 1 is 1.29 bits per heavy atom. The fourth-order valence-corrected chi connectivity index (χ4v) is 2.91. The standard InChI is InChI=1S/C20H23N3O5/c1-3-7-14-8-5-6-9-17(14)27-15-10-16(18(24)25)23(11-15)19(26)28-20(4-2,12-21)13-22/h3-6,8-9,12-13,15-16,21-22H,1-2,7,10-11H2,(H,24,25)/t15-,16-,20?/m0/s1. The summed E-state index contributed by atoms with van der Waals surface area (Å²) < 4.78 is 11.1. The highest BCUT2D eigenvalue weighted by atomic mass is 16.6. The third-order valence-corrected chi connectivity index (χ3v) is 4.45. The normalized spacial score (nSPS) is 20.5. The van der Waals surface area contributed by atoms with Crippen LogP contribution in [0.3, 0.4) is 0 Å². The van der Waals surface area contributed by atoms with Gasteiger partial charge in [-0.1, -0.05) is 30.9 Å². The van der Waals surface area contributed by atoms with Gasteiger partial charge in [0.25, 0.3) is 0 Å². The number of amides is 1. The Bertz CT molecular complexity index is 770. The third-order valence-electron chi connectivity index (χ3n) is 4.45. The summed E-state index contributed by atoms with van der Waals surface area (Å²) in [5.41, 5.74) is -0.806. The van der Waals surface area contributed by atoms with Crippen LogP contribution in [0, 0.1) is 10.8 Å². The second-order valence-corrected chi connectivity index (χ2v) is 6.30. The second-order valence-electron chi connectivity index (χ2n) is 6.30. The van der Waals surface area contributed by atoms with Crippen molar-refractivity contribution in [2.45, 2.75) is 30.6 Å². The highest BCUT2D eigenvalue weighted by Gasteiger charge is 2.43. The van der Waals surface area contributed by atoms with E-state index in [4.69, 9.17) is 20.3 Å². The van der Waals surface area contributed by atoms with E-state index in [2.05, 4.69) is 13.2 Å². The molecule has 28 heavy (non-hydrogen) atoms. The van der Waals surface area contributed by atoms with E-state index < -0.39 is 29.8 Å². The zero-order chi connectivity index (χ0) is 20.7. The van der Waals surface area contributed by atoms with Gasteiger partial charge in [0.2, 0.25) is 5.60 Å². The number of rotatable bonds is 9. The third kappa shape index (κ3) is 4.46. The molecule has 0 spiro atoms. The topological polar surface area (TPSA) is 124 Å². The van der Waals surface area contributed by atoms with Gasteiger partial charge in [-0.05, 0) is 24.1 Å². The van der Waals surface area contributed by atoms with Gasteiger partial charge >= 0.3 is 12.1 Å². The molecule has 1 aromatic carbocycles. The molecule has 1 fully saturated rings. The molecule has 0 radical (unpaired) electrons. The molecular formula is C20H23N3O5. The van der Waals surface area contributed by atoms with E-state index in [1.54, 1.807) is 12.1 Å². The highest BCUT2D eigenvalue weighted by molar-refractivity contribution is 5.96. The lowest BCUT2D eigenvalue weighted by Crippen LogP contribution is -2.46. The molecule has 0 bridgehead atoms. The van der Waals surface area contributed by atoms with Crippen LogP contribution >= 0.6 is 0 Å². The number of carbonyl (C=O) groups is 2. The number of ether oxygens (including phenoxy) is 2. The summed E-state index contributed by atoms with van der Waals surface area (Å²) in [6.07, 6.45) is 3.54. The van der Waals surface area contributed by atoms with Crippen molar-refractivity contribution in [1.29, 1.82) is 10.8 Å².